The third-order valence-corrected chi connectivity index (χ3v) is 6.67. The van der Waals surface area contributed by atoms with Gasteiger partial charge in [-0.25, -0.2) is 0 Å². The number of carboxylic acids is 1. The third-order valence-electron chi connectivity index (χ3n) is 6.67. The van der Waals surface area contributed by atoms with Crippen molar-refractivity contribution in [3.63, 3.8) is 0 Å². The number of benzene rings is 1. The van der Waals surface area contributed by atoms with Gasteiger partial charge in [-0.15, -0.1) is 5.10 Å². The molecule has 174 valence electrons. The Hall–Kier alpha value is -2.57. The first kappa shape index (κ1) is 22.6. The van der Waals surface area contributed by atoms with Gasteiger partial charge < -0.3 is 15.3 Å². The van der Waals surface area contributed by atoms with E-state index in [1.54, 1.807) is 0 Å². The van der Waals surface area contributed by atoms with E-state index in [2.05, 4.69) is 57.4 Å². The van der Waals surface area contributed by atoms with Crippen LogP contribution in [-0.4, -0.2) is 38.8 Å². The number of anilines is 3. The van der Waals surface area contributed by atoms with Gasteiger partial charge in [0.15, 0.2) is 0 Å². The maximum Gasteiger partial charge on any atom is 0.303 e. The van der Waals surface area contributed by atoms with Crippen LogP contribution in [0.2, 0.25) is 0 Å². The lowest BCUT2D eigenvalue weighted by Crippen LogP contribution is -2.39. The first-order chi connectivity index (χ1) is 15.4. The molecule has 2 saturated carbocycles. The molecule has 2 fully saturated rings. The van der Waals surface area contributed by atoms with Crippen LogP contribution in [-0.2, 0) is 4.79 Å². The summed E-state index contributed by atoms with van der Waals surface area (Å²) in [6.07, 6.45) is 8.78. The fraction of sp³-hybridized carbons (Fsp3) is 0.640. The van der Waals surface area contributed by atoms with E-state index in [9.17, 15) is 9.90 Å². The summed E-state index contributed by atoms with van der Waals surface area (Å²) in [5, 5.41) is 20.2. The second-order valence-electron chi connectivity index (χ2n) is 10.1. The van der Waals surface area contributed by atoms with Gasteiger partial charge in [-0.1, -0.05) is 46.1 Å². The van der Waals surface area contributed by atoms with E-state index in [0.717, 1.165) is 29.3 Å². The van der Waals surface area contributed by atoms with E-state index in [1.165, 1.54) is 44.9 Å². The number of rotatable bonds is 10. The molecule has 1 atom stereocenters. The van der Waals surface area contributed by atoms with Crippen LogP contribution in [0.25, 0.3) is 0 Å². The third kappa shape index (κ3) is 5.61. The lowest BCUT2D eigenvalue weighted by Gasteiger charge is -2.38. The molecule has 1 unspecified atom stereocenters. The van der Waals surface area contributed by atoms with Crippen LogP contribution in [0.5, 0.6) is 0 Å². The van der Waals surface area contributed by atoms with Gasteiger partial charge in [0.2, 0.25) is 5.95 Å². The van der Waals surface area contributed by atoms with E-state index in [0.29, 0.717) is 23.8 Å². The zero-order valence-electron chi connectivity index (χ0n) is 19.6. The molecule has 1 aromatic heterocycles. The predicted octanol–water partition coefficient (Wildman–Crippen LogP) is 5.80. The summed E-state index contributed by atoms with van der Waals surface area (Å²) in [6, 6.07) is 6.90. The molecule has 0 radical (unpaired) electrons. The zero-order chi connectivity index (χ0) is 22.7. The van der Waals surface area contributed by atoms with E-state index in [-0.39, 0.29) is 12.3 Å². The van der Waals surface area contributed by atoms with Gasteiger partial charge in [-0.05, 0) is 55.2 Å². The van der Waals surface area contributed by atoms with Crippen molar-refractivity contribution in [2.75, 3.05) is 16.8 Å². The lowest BCUT2D eigenvalue weighted by molar-refractivity contribution is -0.137. The van der Waals surface area contributed by atoms with Crippen LogP contribution < -0.4 is 10.2 Å². The Kier molecular flexibility index (Phi) is 7.01. The Bertz CT molecular complexity index is 915. The molecular formula is C25H37N5O2. The van der Waals surface area contributed by atoms with Crippen molar-refractivity contribution < 1.29 is 9.90 Å². The lowest BCUT2D eigenvalue weighted by atomic mass is 9.92. The number of carboxylic acid groups (broad SMARTS) is 1. The van der Waals surface area contributed by atoms with Crippen LogP contribution in [0.4, 0.5) is 17.3 Å². The highest BCUT2D eigenvalue weighted by Gasteiger charge is 2.28. The highest BCUT2D eigenvalue weighted by molar-refractivity contribution is 5.75. The number of carbonyl (C=O) groups is 1. The van der Waals surface area contributed by atoms with E-state index in [1.807, 2.05) is 6.92 Å². The first-order valence-electron chi connectivity index (χ1n) is 12.2. The van der Waals surface area contributed by atoms with E-state index in [4.69, 9.17) is 0 Å². The molecule has 0 spiro atoms. The summed E-state index contributed by atoms with van der Waals surface area (Å²) in [5.74, 6) is 1.76. The first-order valence-corrected chi connectivity index (χ1v) is 12.2. The molecular weight excluding hydrogens is 402 g/mol. The average Bonchev–Trinajstić information content (AvgIpc) is 3.51. The minimum atomic E-state index is -0.775. The van der Waals surface area contributed by atoms with Gasteiger partial charge in [0.1, 0.15) is 5.82 Å². The van der Waals surface area contributed by atoms with E-state index < -0.39 is 5.97 Å². The van der Waals surface area contributed by atoms with Crippen molar-refractivity contribution >= 4 is 23.3 Å². The highest BCUT2D eigenvalue weighted by atomic mass is 16.4. The SMILES string of the molecule is CC(C)CN(c1ccc(C(C)CC(=O)O)cc1Nc1n[nH]c(C2CC2)n1)C1CCCCC1. The average molecular weight is 440 g/mol. The molecule has 2 aliphatic carbocycles. The fourth-order valence-corrected chi connectivity index (χ4v) is 4.81. The van der Waals surface area contributed by atoms with Crippen LogP contribution in [0.1, 0.15) is 95.4 Å². The van der Waals surface area contributed by atoms with Crippen molar-refractivity contribution in [1.82, 2.24) is 15.2 Å². The van der Waals surface area contributed by atoms with Gasteiger partial charge in [0, 0.05) is 18.5 Å². The minimum absolute atomic E-state index is 0.0653. The van der Waals surface area contributed by atoms with E-state index >= 15 is 0 Å². The van der Waals surface area contributed by atoms with Crippen LogP contribution in [0, 0.1) is 5.92 Å². The summed E-state index contributed by atoms with van der Waals surface area (Å²) in [6.45, 7) is 7.50. The number of nitrogens with one attached hydrogen (secondary N) is 2. The molecule has 0 amide bonds. The van der Waals surface area contributed by atoms with Gasteiger partial charge >= 0.3 is 5.97 Å². The Morgan fingerprint density at radius 3 is 2.59 bits per heavy atom. The van der Waals surface area contributed by atoms with Crippen molar-refractivity contribution in [3.8, 4) is 0 Å². The minimum Gasteiger partial charge on any atom is -0.481 e. The van der Waals surface area contributed by atoms with Crippen molar-refractivity contribution in [2.24, 2.45) is 5.92 Å². The Morgan fingerprint density at radius 1 is 1.19 bits per heavy atom. The Balaban J connectivity index is 1.68. The van der Waals surface area contributed by atoms with Gasteiger partial charge in [0.25, 0.3) is 0 Å². The van der Waals surface area contributed by atoms with Crippen molar-refractivity contribution in [1.29, 1.82) is 0 Å². The second-order valence-corrected chi connectivity index (χ2v) is 10.1. The van der Waals surface area contributed by atoms with Gasteiger partial charge in [-0.3, -0.25) is 9.89 Å². The number of aromatic nitrogens is 3. The summed E-state index contributed by atoms with van der Waals surface area (Å²) in [5.41, 5.74) is 3.15. The quantitative estimate of drug-likeness (QED) is 0.433. The number of aromatic amines is 1. The second kappa shape index (κ2) is 9.92. The Morgan fingerprint density at radius 2 is 1.94 bits per heavy atom. The number of aliphatic carboxylic acids is 1. The molecule has 7 heteroatoms. The number of nitrogens with zero attached hydrogens (tertiary/aromatic N) is 3. The summed E-state index contributed by atoms with van der Waals surface area (Å²) in [7, 11) is 0. The number of H-pyrrole nitrogens is 1. The largest absolute Gasteiger partial charge is 0.481 e. The van der Waals surface area contributed by atoms with Crippen molar-refractivity contribution in [2.45, 2.75) is 90.0 Å². The molecule has 0 saturated heterocycles. The normalized spacial score (nSPS) is 18.0. The molecule has 2 aliphatic rings. The molecule has 1 heterocycles. The highest BCUT2D eigenvalue weighted by Crippen LogP contribution is 2.39. The van der Waals surface area contributed by atoms with Gasteiger partial charge in [0.05, 0.1) is 17.8 Å². The Labute approximate surface area is 191 Å². The van der Waals surface area contributed by atoms with Crippen LogP contribution in [0.15, 0.2) is 18.2 Å². The summed E-state index contributed by atoms with van der Waals surface area (Å²) >= 11 is 0. The molecule has 32 heavy (non-hydrogen) atoms. The smallest absolute Gasteiger partial charge is 0.303 e. The molecule has 4 rings (SSSR count). The maximum absolute atomic E-state index is 11.3. The van der Waals surface area contributed by atoms with Crippen LogP contribution in [0.3, 0.4) is 0 Å². The predicted molar refractivity (Wildman–Crippen MR) is 128 cm³/mol. The number of hydrogen-bond donors (Lipinski definition) is 3. The monoisotopic (exact) mass is 439 g/mol. The maximum atomic E-state index is 11.3. The standard InChI is InChI=1S/C25H37N5O2/c1-16(2)15-30(20-7-5-4-6-8-20)22-12-11-19(17(3)13-23(31)32)14-21(22)26-25-27-24(28-29-25)18-9-10-18/h11-12,14,16-18,20H,4-10,13,15H2,1-3H3,(H,31,32)(H2,26,27,28,29). The fourth-order valence-electron chi connectivity index (χ4n) is 4.81. The summed E-state index contributed by atoms with van der Waals surface area (Å²) in [4.78, 5) is 18.5. The van der Waals surface area contributed by atoms with Crippen LogP contribution >= 0.6 is 0 Å². The molecule has 0 bridgehead atoms. The topological polar surface area (TPSA) is 94.1 Å². The molecule has 3 N–H and O–H groups in total. The molecule has 7 nitrogen and oxygen atoms in total. The molecule has 1 aromatic carbocycles. The van der Waals surface area contributed by atoms with Crippen molar-refractivity contribution in [3.05, 3.63) is 29.6 Å². The zero-order valence-corrected chi connectivity index (χ0v) is 19.6. The number of hydrogen-bond acceptors (Lipinski definition) is 5. The molecule has 2 aromatic rings. The summed E-state index contributed by atoms with van der Waals surface area (Å²) < 4.78 is 0. The molecule has 0 aliphatic heterocycles. The van der Waals surface area contributed by atoms with Gasteiger partial charge in [-0.2, -0.15) is 4.98 Å².